The molecule has 2 aliphatic heterocycles. The van der Waals surface area contributed by atoms with Crippen LogP contribution in [-0.2, 0) is 27.4 Å². The van der Waals surface area contributed by atoms with Crippen molar-refractivity contribution in [3.8, 4) is 22.6 Å². The Balaban J connectivity index is 0.969. The first kappa shape index (κ1) is 43.1. The number of likely N-dealkylation sites (tertiary alicyclic amines) is 1. The van der Waals surface area contributed by atoms with Crippen LogP contribution in [0.1, 0.15) is 100 Å². The Kier molecular flexibility index (Phi) is 13.7. The maximum atomic E-state index is 13.9. The van der Waals surface area contributed by atoms with E-state index in [4.69, 9.17) is 14.2 Å². The number of fused-ring (bicyclic) bond motifs is 1. The molecule has 1 aliphatic carbocycles. The summed E-state index contributed by atoms with van der Waals surface area (Å²) in [5.74, 6) is 2.13. The molecule has 3 aliphatic rings. The van der Waals surface area contributed by atoms with Gasteiger partial charge in [-0.25, -0.2) is 4.79 Å². The third-order valence-corrected chi connectivity index (χ3v) is 12.3. The maximum absolute atomic E-state index is 13.9. The van der Waals surface area contributed by atoms with E-state index in [1.54, 1.807) is 0 Å². The highest BCUT2D eigenvalue weighted by molar-refractivity contribution is 5.89. The van der Waals surface area contributed by atoms with Crippen molar-refractivity contribution in [2.75, 3.05) is 11.9 Å². The van der Waals surface area contributed by atoms with Gasteiger partial charge in [-0.1, -0.05) is 91.7 Å². The van der Waals surface area contributed by atoms with Crippen molar-refractivity contribution < 1.29 is 28.9 Å². The van der Waals surface area contributed by atoms with Gasteiger partial charge in [0.05, 0.1) is 24.9 Å². The Bertz CT molecular complexity index is 2260. The molecule has 4 N–H and O–H groups in total. The fourth-order valence-electron chi connectivity index (χ4n) is 9.31. The Morgan fingerprint density at radius 2 is 1.47 bits per heavy atom. The van der Waals surface area contributed by atoms with E-state index in [-0.39, 0.29) is 42.3 Å². The van der Waals surface area contributed by atoms with Crippen LogP contribution in [-0.4, -0.2) is 52.2 Å². The van der Waals surface area contributed by atoms with Crippen LogP contribution in [0, 0.1) is 5.92 Å². The number of amides is 3. The summed E-state index contributed by atoms with van der Waals surface area (Å²) in [5, 5.41) is 18.9. The summed E-state index contributed by atoms with van der Waals surface area (Å²) >= 11 is 0. The van der Waals surface area contributed by atoms with Crippen molar-refractivity contribution in [3.05, 3.63) is 150 Å². The van der Waals surface area contributed by atoms with Crippen molar-refractivity contribution in [2.24, 2.45) is 5.92 Å². The summed E-state index contributed by atoms with van der Waals surface area (Å²) in [5.41, 5.74) is 6.10. The number of aliphatic hydroxyl groups is 1. The zero-order valence-electron chi connectivity index (χ0n) is 36.1. The maximum Gasteiger partial charge on any atom is 0.319 e. The summed E-state index contributed by atoms with van der Waals surface area (Å²) in [6, 6.07) is 41.1. The summed E-state index contributed by atoms with van der Waals surface area (Å²) in [6.45, 7) is 7.11. The van der Waals surface area contributed by atoms with Crippen molar-refractivity contribution in [3.63, 3.8) is 0 Å². The molecule has 324 valence electrons. The quantitative estimate of drug-likeness (QED) is 0.0987. The number of carbonyl (C=O) groups excluding carboxylic acids is 2. The summed E-state index contributed by atoms with van der Waals surface area (Å²) < 4.78 is 19.6. The first-order chi connectivity index (χ1) is 30.1. The first-order valence-electron chi connectivity index (χ1n) is 22.2. The topological polar surface area (TPSA) is 121 Å². The molecule has 62 heavy (non-hydrogen) atoms. The van der Waals surface area contributed by atoms with Crippen LogP contribution in [0.15, 0.2) is 127 Å². The van der Waals surface area contributed by atoms with Crippen LogP contribution in [0.3, 0.4) is 0 Å². The molecule has 10 heteroatoms. The summed E-state index contributed by atoms with van der Waals surface area (Å²) in [7, 11) is 0. The van der Waals surface area contributed by atoms with Crippen LogP contribution < -0.4 is 20.7 Å². The van der Waals surface area contributed by atoms with Crippen LogP contribution >= 0.6 is 0 Å². The molecule has 0 bridgehead atoms. The van der Waals surface area contributed by atoms with E-state index in [0.717, 1.165) is 58.4 Å². The molecule has 6 atom stereocenters. The minimum atomic E-state index is -0.641. The van der Waals surface area contributed by atoms with E-state index in [9.17, 15) is 14.7 Å². The van der Waals surface area contributed by atoms with Crippen LogP contribution in [0.25, 0.3) is 11.1 Å². The van der Waals surface area contributed by atoms with Crippen LogP contribution in [0.4, 0.5) is 10.5 Å². The molecule has 0 spiro atoms. The lowest BCUT2D eigenvalue weighted by atomic mass is 9.75. The van der Waals surface area contributed by atoms with Gasteiger partial charge in [0.25, 0.3) is 0 Å². The fraction of sp³-hybridized carbons (Fsp3) is 0.385. The van der Waals surface area contributed by atoms with E-state index < -0.39 is 6.29 Å². The number of hydrogen-bond acceptors (Lipinski definition) is 7. The van der Waals surface area contributed by atoms with Gasteiger partial charge in [-0.2, -0.15) is 0 Å². The third kappa shape index (κ3) is 11.1. The fourth-order valence-corrected chi connectivity index (χ4v) is 9.31. The highest BCUT2D eigenvalue weighted by Gasteiger charge is 2.44. The molecule has 5 aromatic rings. The molecule has 8 rings (SSSR count). The number of carbonyl (C=O) groups is 2. The number of nitrogens with one attached hydrogen (secondary N) is 3. The largest absolute Gasteiger partial charge is 0.457 e. The first-order valence-corrected chi connectivity index (χ1v) is 22.2. The third-order valence-electron chi connectivity index (χ3n) is 12.3. The molecule has 10 nitrogen and oxygen atoms in total. The van der Waals surface area contributed by atoms with Crippen molar-refractivity contribution in [2.45, 2.75) is 115 Å². The van der Waals surface area contributed by atoms with Crippen LogP contribution in [0.2, 0.25) is 0 Å². The number of para-hydroxylation sites is 1. The number of aliphatic hydroxyl groups excluding tert-OH is 1. The smallest absolute Gasteiger partial charge is 0.319 e. The normalized spacial score (nSPS) is 22.8. The Hall–Kier alpha value is -5.52. The molecule has 0 radical (unpaired) electrons. The second-order valence-corrected chi connectivity index (χ2v) is 18.1. The number of rotatable bonds is 12. The van der Waals surface area contributed by atoms with E-state index in [2.05, 4.69) is 51.2 Å². The number of piperidine rings is 1. The molecule has 5 aromatic carbocycles. The molecular formula is C52H60N4O6. The van der Waals surface area contributed by atoms with Crippen LogP contribution in [0.5, 0.6) is 11.5 Å². The minimum Gasteiger partial charge on any atom is -0.457 e. The minimum absolute atomic E-state index is 0.0204. The van der Waals surface area contributed by atoms with E-state index in [0.29, 0.717) is 42.9 Å². The zero-order chi connectivity index (χ0) is 43.1. The monoisotopic (exact) mass is 836 g/mol. The lowest BCUT2D eigenvalue weighted by molar-refractivity contribution is -0.255. The lowest BCUT2D eigenvalue weighted by Gasteiger charge is -2.50. The number of anilines is 1. The molecule has 3 fully saturated rings. The number of benzene rings is 5. The van der Waals surface area contributed by atoms with Gasteiger partial charge in [0, 0.05) is 42.3 Å². The molecule has 0 unspecified atom stereocenters. The van der Waals surface area contributed by atoms with Gasteiger partial charge in [-0.05, 0) is 129 Å². The predicted molar refractivity (Wildman–Crippen MR) is 242 cm³/mol. The SMILES string of the molecule is CC(C)(C)NC(=O)[C@H]1CC[C@H]2CCCC[C@H]2N1C[C@@H]1C[C@H](c2ccc(CO)cc2)O[C@H](c2cccc(-c3cccc(CNC(=O)Nc4ccc(Oc5ccccc5)cc4)c3)c2)O1. The average molecular weight is 837 g/mol. The van der Waals surface area contributed by atoms with Crippen molar-refractivity contribution in [1.82, 2.24) is 15.5 Å². The van der Waals surface area contributed by atoms with E-state index >= 15 is 0 Å². The molecule has 1 saturated carbocycles. The van der Waals surface area contributed by atoms with Crippen molar-refractivity contribution in [1.29, 1.82) is 0 Å². The van der Waals surface area contributed by atoms with Gasteiger partial charge in [-0.15, -0.1) is 0 Å². The number of nitrogens with zero attached hydrogens (tertiary/aromatic N) is 1. The van der Waals surface area contributed by atoms with E-state index in [1.807, 2.05) is 118 Å². The molecule has 0 aromatic heterocycles. The van der Waals surface area contributed by atoms with Gasteiger partial charge in [0.15, 0.2) is 6.29 Å². The second-order valence-electron chi connectivity index (χ2n) is 18.1. The van der Waals surface area contributed by atoms with Gasteiger partial charge >= 0.3 is 6.03 Å². The highest BCUT2D eigenvalue weighted by Crippen LogP contribution is 2.42. The number of hydrogen-bond donors (Lipinski definition) is 4. The summed E-state index contributed by atoms with van der Waals surface area (Å²) in [4.78, 5) is 29.3. The Morgan fingerprint density at radius 1 is 0.742 bits per heavy atom. The highest BCUT2D eigenvalue weighted by atomic mass is 16.7. The number of urea groups is 1. The van der Waals surface area contributed by atoms with Gasteiger partial charge in [0.1, 0.15) is 11.5 Å². The molecule has 3 amide bonds. The van der Waals surface area contributed by atoms with Gasteiger partial charge in [-0.3, -0.25) is 9.69 Å². The molecular weight excluding hydrogens is 777 g/mol. The van der Waals surface area contributed by atoms with Gasteiger partial charge < -0.3 is 35.3 Å². The standard InChI is InChI=1S/C52H60N4O6/c1-52(2,3)55-49(58)47-28-23-37-12-7-8-18-46(37)56(47)33-45-31-48(38-21-19-35(34-57)20-22-38)62-50(61-45)41-15-10-14-40(30-41)39-13-9-11-36(29-39)32-53-51(59)54-42-24-26-44(27-25-42)60-43-16-5-4-6-17-43/h4-6,9-11,13-17,19-22,24-27,29-30,37,45-48,50,57H,7-8,12,18,23,28,31-34H2,1-3H3,(H,55,58)(H2,53,54,59)/t37-,45+,46-,47-,48-,50-/m1/s1. The lowest BCUT2D eigenvalue weighted by Crippen LogP contribution is -2.61. The Morgan fingerprint density at radius 3 is 2.23 bits per heavy atom. The van der Waals surface area contributed by atoms with Crippen molar-refractivity contribution >= 4 is 17.6 Å². The zero-order valence-corrected chi connectivity index (χ0v) is 36.1. The molecule has 2 heterocycles. The summed E-state index contributed by atoms with van der Waals surface area (Å²) in [6.07, 6.45) is 6.25. The second kappa shape index (κ2) is 19.7. The average Bonchev–Trinajstić information content (AvgIpc) is 3.29. The number of ether oxygens (including phenoxy) is 3. The Labute approximate surface area is 366 Å². The van der Waals surface area contributed by atoms with Gasteiger partial charge in [0.2, 0.25) is 5.91 Å². The molecule has 2 saturated heterocycles. The van der Waals surface area contributed by atoms with E-state index in [1.165, 1.54) is 19.3 Å². The predicted octanol–water partition coefficient (Wildman–Crippen LogP) is 10.4.